The number of thiazole rings is 2. The van der Waals surface area contributed by atoms with E-state index in [2.05, 4.69) is 203 Å². The Bertz CT molecular complexity index is 5440. The van der Waals surface area contributed by atoms with Crippen molar-refractivity contribution >= 4 is 86.3 Å². The minimum absolute atomic E-state index is 0.0149. The Morgan fingerprint density at radius 3 is 1.14 bits per heavy atom. The first kappa shape index (κ1) is 102. The number of hydrogen-bond donors (Lipinski definition) is 6. The number of nitrogens with one attached hydrogen (secondary N) is 4. The molecule has 133 heavy (non-hydrogen) atoms. The largest absolute Gasteiger partial charge is 0.492 e. The van der Waals surface area contributed by atoms with Crippen LogP contribution >= 0.6 is 22.7 Å². The van der Waals surface area contributed by atoms with E-state index in [4.69, 9.17) is 9.47 Å². The van der Waals surface area contributed by atoms with Crippen molar-refractivity contribution in [2.45, 2.75) is 221 Å². The highest BCUT2D eigenvalue weighted by molar-refractivity contribution is 7.13. The molecule has 2 aliphatic rings. The predicted octanol–water partition coefficient (Wildman–Crippen LogP) is 19.4. The molecule has 2 fully saturated rings. The molecule has 6 N–H and O–H groups in total. The van der Waals surface area contributed by atoms with E-state index >= 15 is 0 Å². The fourth-order valence-corrected chi connectivity index (χ4v) is 18.8. The molecule has 23 heteroatoms. The third kappa shape index (κ3) is 29.9. The van der Waals surface area contributed by atoms with Crippen LogP contribution in [0.4, 0.5) is 0 Å². The first-order valence-electron chi connectivity index (χ1n) is 47.2. The molecule has 2 aliphatic heterocycles. The van der Waals surface area contributed by atoms with Crippen molar-refractivity contribution in [3.05, 3.63) is 285 Å². The molecule has 10 aromatic rings. The van der Waals surface area contributed by atoms with Crippen LogP contribution in [0.1, 0.15) is 214 Å². The van der Waals surface area contributed by atoms with Crippen LogP contribution in [0.5, 0.6) is 11.5 Å². The van der Waals surface area contributed by atoms with Crippen LogP contribution in [0.15, 0.2) is 229 Å². The zero-order chi connectivity index (χ0) is 95.0. The quantitative estimate of drug-likeness (QED) is 0.0153. The van der Waals surface area contributed by atoms with E-state index in [1.165, 1.54) is 54.3 Å². The van der Waals surface area contributed by atoms with Gasteiger partial charge < -0.3 is 60.6 Å². The van der Waals surface area contributed by atoms with Crippen molar-refractivity contribution in [3.8, 4) is 32.4 Å². The predicted molar refractivity (Wildman–Crippen MR) is 536 cm³/mol. The summed E-state index contributed by atoms with van der Waals surface area (Å²) in [5, 5.41) is 33.1. The molecule has 4 heterocycles. The number of allylic oxidation sites excluding steroid dienone is 2. The molecule has 7 amide bonds. The SMILES string of the molecule is CC/C(=C(\c1ccccc1)c1ccc(OCCN(C)C(=O)CCCCCCC(=O)N[C@H](C(=O)N2C[C@H](O)C[C@H]2C(=O)NCc2ccc(-c3scnc3C)cc2)C(C)(C)C)cc1)c1ccccc1.CC/C(=C(\c1ccccc1)c1ccc(OCCN(C)CCCCCCCC(=O)N[C@H](C(=O)N2C[C@H](O)C[C@H]2C(=O)NCc2ccc(-c3scnc3C)cc2)C(C)(C)C)cc1)c1ccccc1. The summed E-state index contributed by atoms with van der Waals surface area (Å²) < 4.78 is 12.2. The van der Waals surface area contributed by atoms with Gasteiger partial charge in [-0.2, -0.15) is 0 Å². The fraction of sp³-hybridized carbons (Fsp3) is 0.409. The number of aryl methyl sites for hydroxylation is 2. The molecular formula is C110H136N10O11S2. The number of aliphatic hydroxyl groups excluding tert-OH is 2. The van der Waals surface area contributed by atoms with E-state index in [9.17, 15) is 43.8 Å². The molecule has 6 atom stereocenters. The van der Waals surface area contributed by atoms with Gasteiger partial charge in [-0.3, -0.25) is 33.6 Å². The Morgan fingerprint density at radius 2 is 0.782 bits per heavy atom. The first-order chi connectivity index (χ1) is 64.0. The summed E-state index contributed by atoms with van der Waals surface area (Å²) in [7, 11) is 3.92. The summed E-state index contributed by atoms with van der Waals surface area (Å²) in [4.78, 5) is 112. The number of nitrogens with zero attached hydrogens (tertiary/aromatic N) is 6. The van der Waals surface area contributed by atoms with Gasteiger partial charge in [0, 0.05) is 71.9 Å². The Hall–Kier alpha value is -11.7. The minimum atomic E-state index is -0.886. The van der Waals surface area contributed by atoms with Crippen molar-refractivity contribution in [2.24, 2.45) is 10.8 Å². The monoisotopic (exact) mass is 1840 g/mol. The third-order valence-corrected chi connectivity index (χ3v) is 26.7. The summed E-state index contributed by atoms with van der Waals surface area (Å²) in [6, 6.07) is 71.3. The van der Waals surface area contributed by atoms with E-state index in [0.29, 0.717) is 52.0 Å². The number of likely N-dealkylation sites (N-methyl/N-ethyl adjacent to an activating group) is 2. The second-order valence-electron chi connectivity index (χ2n) is 37.1. The Labute approximate surface area is 795 Å². The number of hydrogen-bond acceptors (Lipinski definition) is 16. The highest BCUT2D eigenvalue weighted by Gasteiger charge is 2.46. The van der Waals surface area contributed by atoms with E-state index in [0.717, 1.165) is 137 Å². The minimum Gasteiger partial charge on any atom is -0.492 e. The van der Waals surface area contributed by atoms with E-state index < -0.39 is 47.2 Å². The molecule has 0 radical (unpaired) electrons. The number of amides is 7. The van der Waals surface area contributed by atoms with Gasteiger partial charge in [-0.1, -0.05) is 282 Å². The molecular weight excluding hydrogens is 1700 g/mol. The average molecular weight is 1840 g/mol. The number of benzene rings is 8. The number of unbranched alkanes of at least 4 members (excludes halogenated alkanes) is 7. The number of likely N-dealkylation sites (tertiary alicyclic amines) is 2. The van der Waals surface area contributed by atoms with Gasteiger partial charge in [-0.05, 0) is 179 Å². The molecule has 0 saturated carbocycles. The van der Waals surface area contributed by atoms with Crippen molar-refractivity contribution < 1.29 is 53.2 Å². The molecule has 0 spiro atoms. The second kappa shape index (κ2) is 50.4. The highest BCUT2D eigenvalue weighted by atomic mass is 32.1. The molecule has 21 nitrogen and oxygen atoms in total. The van der Waals surface area contributed by atoms with Gasteiger partial charge >= 0.3 is 0 Å². The molecule has 8 aromatic carbocycles. The first-order valence-corrected chi connectivity index (χ1v) is 49.0. The Kier molecular flexibility index (Phi) is 38.6. The number of aromatic nitrogens is 2. The van der Waals surface area contributed by atoms with Gasteiger partial charge in [0.15, 0.2) is 0 Å². The highest BCUT2D eigenvalue weighted by Crippen LogP contribution is 2.39. The summed E-state index contributed by atoms with van der Waals surface area (Å²) >= 11 is 3.17. The van der Waals surface area contributed by atoms with Crippen molar-refractivity contribution in [1.29, 1.82) is 0 Å². The molecule has 0 unspecified atom stereocenters. The van der Waals surface area contributed by atoms with Gasteiger partial charge in [-0.25, -0.2) is 9.97 Å². The van der Waals surface area contributed by atoms with Crippen LogP contribution in [0.2, 0.25) is 0 Å². The number of rotatable bonds is 43. The van der Waals surface area contributed by atoms with Gasteiger partial charge in [0.05, 0.1) is 50.9 Å². The van der Waals surface area contributed by atoms with Crippen LogP contribution in [-0.2, 0) is 46.7 Å². The molecule has 12 rings (SSSR count). The lowest BCUT2D eigenvalue weighted by Crippen LogP contribution is -2.57. The lowest BCUT2D eigenvalue weighted by Gasteiger charge is -2.35. The summed E-state index contributed by atoms with van der Waals surface area (Å²) in [5.41, 5.74) is 20.4. The lowest BCUT2D eigenvalue weighted by atomic mass is 9.85. The van der Waals surface area contributed by atoms with E-state index in [1.54, 1.807) is 34.6 Å². The zero-order valence-electron chi connectivity index (χ0n) is 79.6. The summed E-state index contributed by atoms with van der Waals surface area (Å²) in [6.45, 7) is 23.6. The second-order valence-corrected chi connectivity index (χ2v) is 38.8. The summed E-state index contributed by atoms with van der Waals surface area (Å²) in [6.07, 6.45) is 9.03. The van der Waals surface area contributed by atoms with Crippen LogP contribution in [0, 0.1) is 24.7 Å². The molecule has 0 bridgehead atoms. The van der Waals surface area contributed by atoms with Gasteiger partial charge in [-0.15, -0.1) is 22.7 Å². The summed E-state index contributed by atoms with van der Waals surface area (Å²) in [5.74, 6) is -0.177. The maximum Gasteiger partial charge on any atom is 0.246 e. The fourth-order valence-electron chi connectivity index (χ4n) is 17.2. The van der Waals surface area contributed by atoms with Crippen molar-refractivity contribution in [1.82, 2.24) is 50.8 Å². The number of ether oxygens (including phenoxy) is 2. The number of aliphatic hydroxyl groups is 2. The molecule has 704 valence electrons. The average Bonchev–Trinajstić information content (AvgIpc) is 1.26. The standard InChI is InChI=1S/C55H67N5O6S.C55H69N5O5S/c1-7-46(40-18-12-10-13-19-40)50(41-20-14-11-15-21-41)42-28-30-45(31-29-42)66-33-32-59(6)49(63)23-17-9-8-16-22-48(62)58-52(55(3,4)5)54(65)60-36-44(61)34-47(60)53(64)56-35-39-24-26-43(27-25-39)51-38(2)57-37-67-51;1-7-47(41-19-13-11-14-20-41)50(42-21-15-12-16-22-42)43-28-30-46(31-29-43)65-34-33-59(6)32-18-10-8-9-17-23-49(62)58-52(55(3,4)5)54(64)60-37-45(61)35-48(60)53(63)56-36-40-24-26-44(27-25-40)51-39(2)57-38-66-51/h10-15,18-21,24-31,37,44,47,52,61H,7-9,16-17,22-23,32-36H2,1-6H3,(H,56,64)(H,58,62);11-16,19-22,24-31,38,45,48,52,61H,7-10,17-18,23,32-37H2,1-6H3,(H,56,63)(H,58,62)/b50-46-;50-47-/t44-,47+,52-;45-,48+,52-/m11/s1. The van der Waals surface area contributed by atoms with Gasteiger partial charge in [0.2, 0.25) is 41.4 Å². The van der Waals surface area contributed by atoms with Gasteiger partial charge in [0.25, 0.3) is 0 Å². The zero-order valence-corrected chi connectivity index (χ0v) is 81.3. The van der Waals surface area contributed by atoms with Crippen LogP contribution in [-0.4, -0.2) is 178 Å². The Balaban J connectivity index is 0.000000256. The van der Waals surface area contributed by atoms with Crippen molar-refractivity contribution in [2.75, 3.05) is 60.0 Å². The van der Waals surface area contributed by atoms with Crippen LogP contribution < -0.4 is 30.7 Å². The number of carbonyl (C=O) groups excluding carboxylic acids is 7. The number of carbonyl (C=O) groups is 7. The smallest absolute Gasteiger partial charge is 0.246 e. The van der Waals surface area contributed by atoms with E-state index in [1.807, 2.05) is 139 Å². The molecule has 2 aromatic heterocycles. The topological polar surface area (TPSA) is 265 Å². The Morgan fingerprint density at radius 1 is 0.436 bits per heavy atom. The third-order valence-electron chi connectivity index (χ3n) is 24.7. The number of β-amino-alcohol motifs (C(OH)–C–C–N with tert-alkyl or cyclic N) is 2. The normalized spacial score (nSPS) is 15.8. The van der Waals surface area contributed by atoms with E-state index in [-0.39, 0.29) is 80.2 Å². The maximum absolute atomic E-state index is 14.0. The van der Waals surface area contributed by atoms with Crippen molar-refractivity contribution in [3.63, 3.8) is 0 Å². The molecule has 2 saturated heterocycles. The van der Waals surface area contributed by atoms with Crippen LogP contribution in [0.3, 0.4) is 0 Å². The van der Waals surface area contributed by atoms with Crippen LogP contribution in [0.25, 0.3) is 43.2 Å². The maximum atomic E-state index is 14.0. The molecule has 0 aliphatic carbocycles. The lowest BCUT2D eigenvalue weighted by molar-refractivity contribution is -0.144. The van der Waals surface area contributed by atoms with Gasteiger partial charge in [0.1, 0.15) is 48.9 Å².